The van der Waals surface area contributed by atoms with Crippen molar-refractivity contribution in [3.05, 3.63) is 0 Å². The molecule has 4 atom stereocenters. The lowest BCUT2D eigenvalue weighted by molar-refractivity contribution is -0.250. The van der Waals surface area contributed by atoms with E-state index < -0.39 is 31.2 Å². The Bertz CT molecular complexity index is 373. The SMILES string of the molecule is CO[C@@H]1OC[C@H](O[Si](C)(C)C)[C@H](O[Si](C)(C)C)[C@H]1O[Si](C)(C)C. The first-order valence-electron chi connectivity index (χ1n) is 8.40. The Morgan fingerprint density at radius 1 is 0.696 bits per heavy atom. The monoisotopic (exact) mass is 380 g/mol. The maximum Gasteiger partial charge on any atom is 0.184 e. The zero-order chi connectivity index (χ0) is 18.1. The number of rotatable bonds is 7. The zero-order valence-electron chi connectivity index (χ0n) is 16.6. The number of methoxy groups -OCH3 is 1. The number of hydrogen-bond acceptors (Lipinski definition) is 5. The molecule has 0 saturated carbocycles. The van der Waals surface area contributed by atoms with Crippen molar-refractivity contribution in [2.45, 2.75) is 83.5 Å². The van der Waals surface area contributed by atoms with Crippen molar-refractivity contribution in [3.63, 3.8) is 0 Å². The summed E-state index contributed by atoms with van der Waals surface area (Å²) >= 11 is 0. The standard InChI is InChI=1S/C15H36O5Si3/c1-16-15-14(20-23(8,9)10)13(19-22(5,6)7)12(11-17-15)18-21(2,3)4/h12-15H,11H2,1-10H3/t12-,13-,14+,15+/m0/s1. The summed E-state index contributed by atoms with van der Waals surface area (Å²) in [5.74, 6) is 0. The van der Waals surface area contributed by atoms with Crippen LogP contribution >= 0.6 is 0 Å². The summed E-state index contributed by atoms with van der Waals surface area (Å²) in [5, 5.41) is 0. The lowest BCUT2D eigenvalue weighted by atomic mass is 10.1. The molecule has 0 aromatic heterocycles. The lowest BCUT2D eigenvalue weighted by Gasteiger charge is -2.47. The van der Waals surface area contributed by atoms with Crippen LogP contribution in [-0.4, -0.2) is 63.3 Å². The molecule has 1 aliphatic heterocycles. The van der Waals surface area contributed by atoms with E-state index in [1.54, 1.807) is 7.11 Å². The highest BCUT2D eigenvalue weighted by Crippen LogP contribution is 2.30. The fourth-order valence-corrected chi connectivity index (χ4v) is 5.86. The van der Waals surface area contributed by atoms with E-state index in [-0.39, 0.29) is 18.3 Å². The van der Waals surface area contributed by atoms with E-state index in [0.29, 0.717) is 6.61 Å². The molecular formula is C15H36O5Si3. The van der Waals surface area contributed by atoms with Gasteiger partial charge in [-0.05, 0) is 58.9 Å². The summed E-state index contributed by atoms with van der Waals surface area (Å²) in [7, 11) is -3.59. The van der Waals surface area contributed by atoms with E-state index in [1.165, 1.54) is 0 Å². The van der Waals surface area contributed by atoms with Gasteiger partial charge < -0.3 is 22.8 Å². The highest BCUT2D eigenvalue weighted by Gasteiger charge is 2.47. The van der Waals surface area contributed by atoms with Crippen LogP contribution in [0.4, 0.5) is 0 Å². The summed E-state index contributed by atoms with van der Waals surface area (Å²) in [6.45, 7) is 20.2. The average molecular weight is 381 g/mol. The van der Waals surface area contributed by atoms with Crippen molar-refractivity contribution in [1.82, 2.24) is 0 Å². The van der Waals surface area contributed by atoms with E-state index in [9.17, 15) is 0 Å². The van der Waals surface area contributed by atoms with Gasteiger partial charge in [-0.3, -0.25) is 0 Å². The molecule has 0 spiro atoms. The second kappa shape index (κ2) is 7.77. The second-order valence-corrected chi connectivity index (χ2v) is 22.5. The first kappa shape index (κ1) is 21.5. The van der Waals surface area contributed by atoms with E-state index in [1.807, 2.05) is 0 Å². The predicted octanol–water partition coefficient (Wildman–Crippen LogP) is 3.65. The Morgan fingerprint density at radius 3 is 1.52 bits per heavy atom. The van der Waals surface area contributed by atoms with Crippen molar-refractivity contribution in [1.29, 1.82) is 0 Å². The van der Waals surface area contributed by atoms with Crippen molar-refractivity contribution in [2.75, 3.05) is 13.7 Å². The fourth-order valence-electron chi connectivity index (χ4n) is 2.59. The molecule has 0 radical (unpaired) electrons. The van der Waals surface area contributed by atoms with Gasteiger partial charge in [-0.1, -0.05) is 0 Å². The maximum atomic E-state index is 6.50. The molecular weight excluding hydrogens is 344 g/mol. The largest absolute Gasteiger partial charge is 0.410 e. The van der Waals surface area contributed by atoms with E-state index in [0.717, 1.165) is 0 Å². The van der Waals surface area contributed by atoms with Crippen LogP contribution in [0.25, 0.3) is 0 Å². The molecule has 0 aromatic carbocycles. The molecule has 138 valence electrons. The van der Waals surface area contributed by atoms with Crippen molar-refractivity contribution < 1.29 is 22.8 Å². The van der Waals surface area contributed by atoms with Gasteiger partial charge in [0.25, 0.3) is 0 Å². The Kier molecular flexibility index (Phi) is 7.27. The summed E-state index contributed by atoms with van der Waals surface area (Å²) in [4.78, 5) is 0. The third kappa shape index (κ3) is 7.91. The molecule has 0 aliphatic carbocycles. The average Bonchev–Trinajstić information content (AvgIpc) is 2.28. The van der Waals surface area contributed by atoms with E-state index >= 15 is 0 Å². The molecule has 1 fully saturated rings. The second-order valence-electron chi connectivity index (χ2n) is 9.10. The smallest absolute Gasteiger partial charge is 0.184 e. The third-order valence-corrected chi connectivity index (χ3v) is 6.07. The molecule has 0 unspecified atom stereocenters. The van der Waals surface area contributed by atoms with Gasteiger partial charge in [0, 0.05) is 7.11 Å². The Hall–Kier alpha value is 0.451. The summed E-state index contributed by atoms with van der Waals surface area (Å²) in [5.41, 5.74) is 0. The maximum absolute atomic E-state index is 6.50. The van der Waals surface area contributed by atoms with Gasteiger partial charge in [0.2, 0.25) is 0 Å². The first-order valence-corrected chi connectivity index (χ1v) is 18.6. The van der Waals surface area contributed by atoms with Crippen LogP contribution in [0.15, 0.2) is 0 Å². The van der Waals surface area contributed by atoms with Crippen molar-refractivity contribution in [2.24, 2.45) is 0 Å². The summed E-state index contributed by atoms with van der Waals surface area (Å²) in [6.07, 6.45) is -0.877. The van der Waals surface area contributed by atoms with Crippen LogP contribution in [0.5, 0.6) is 0 Å². The van der Waals surface area contributed by atoms with Gasteiger partial charge in [0.1, 0.15) is 12.2 Å². The normalized spacial score (nSPS) is 30.5. The van der Waals surface area contributed by atoms with Crippen LogP contribution in [-0.2, 0) is 22.8 Å². The van der Waals surface area contributed by atoms with Crippen LogP contribution < -0.4 is 0 Å². The topological polar surface area (TPSA) is 46.2 Å². The molecule has 1 saturated heterocycles. The summed E-state index contributed by atoms with van der Waals surface area (Å²) in [6, 6.07) is 0. The molecule has 1 rings (SSSR count). The van der Waals surface area contributed by atoms with Crippen LogP contribution in [0.1, 0.15) is 0 Å². The number of ether oxygens (including phenoxy) is 2. The predicted molar refractivity (Wildman–Crippen MR) is 101 cm³/mol. The molecule has 0 amide bonds. The molecule has 0 aromatic rings. The highest BCUT2D eigenvalue weighted by molar-refractivity contribution is 6.70. The van der Waals surface area contributed by atoms with E-state index in [2.05, 4.69) is 58.9 Å². The highest BCUT2D eigenvalue weighted by atomic mass is 28.4. The number of hydrogen-bond donors (Lipinski definition) is 0. The minimum absolute atomic E-state index is 0.0962. The molecule has 1 heterocycles. The van der Waals surface area contributed by atoms with Crippen LogP contribution in [0.2, 0.25) is 58.9 Å². The molecule has 0 N–H and O–H groups in total. The molecule has 1 aliphatic rings. The van der Waals surface area contributed by atoms with Gasteiger partial charge in [-0.25, -0.2) is 0 Å². The van der Waals surface area contributed by atoms with Gasteiger partial charge in [0.05, 0.1) is 12.7 Å². The first-order chi connectivity index (χ1) is 10.2. The molecule has 23 heavy (non-hydrogen) atoms. The Morgan fingerprint density at radius 2 is 1.13 bits per heavy atom. The molecule has 8 heteroatoms. The van der Waals surface area contributed by atoms with Crippen molar-refractivity contribution >= 4 is 25.0 Å². The molecule has 0 bridgehead atoms. The zero-order valence-corrected chi connectivity index (χ0v) is 19.6. The van der Waals surface area contributed by atoms with Crippen molar-refractivity contribution in [3.8, 4) is 0 Å². The van der Waals surface area contributed by atoms with E-state index in [4.69, 9.17) is 22.8 Å². The summed E-state index contributed by atoms with van der Waals surface area (Å²) < 4.78 is 30.7. The quantitative estimate of drug-likeness (QED) is 0.631. The Labute approximate surface area is 145 Å². The minimum Gasteiger partial charge on any atom is -0.410 e. The lowest BCUT2D eigenvalue weighted by Crippen LogP contribution is -2.62. The Balaban J connectivity index is 3.08. The van der Waals surface area contributed by atoms with Gasteiger partial charge in [-0.15, -0.1) is 0 Å². The van der Waals surface area contributed by atoms with Gasteiger partial charge >= 0.3 is 0 Å². The fraction of sp³-hybridized carbons (Fsp3) is 1.00. The minimum atomic E-state index is -1.78. The van der Waals surface area contributed by atoms with Crippen LogP contribution in [0.3, 0.4) is 0 Å². The van der Waals surface area contributed by atoms with Gasteiger partial charge in [0.15, 0.2) is 31.2 Å². The van der Waals surface area contributed by atoms with Crippen LogP contribution in [0, 0.1) is 0 Å². The third-order valence-electron chi connectivity index (χ3n) is 3.10. The molecule has 5 nitrogen and oxygen atoms in total. The van der Waals surface area contributed by atoms with Gasteiger partial charge in [-0.2, -0.15) is 0 Å².